The van der Waals surface area contributed by atoms with Crippen molar-refractivity contribution in [2.75, 3.05) is 6.54 Å². The summed E-state index contributed by atoms with van der Waals surface area (Å²) >= 11 is 0. The Morgan fingerprint density at radius 3 is 2.46 bits per heavy atom. The smallest absolute Gasteiger partial charge is 0.251 e. The van der Waals surface area contributed by atoms with E-state index in [1.807, 2.05) is 24.3 Å². The van der Waals surface area contributed by atoms with Gasteiger partial charge in [-0.25, -0.2) is 8.42 Å². The number of furan rings is 1. The molecule has 0 radical (unpaired) electrons. The topological polar surface area (TPSA) is 79.6 Å². The summed E-state index contributed by atoms with van der Waals surface area (Å²) in [5.41, 5.74) is 2.62. The minimum absolute atomic E-state index is 0.189. The van der Waals surface area contributed by atoms with Gasteiger partial charge >= 0.3 is 0 Å². The third-order valence-electron chi connectivity index (χ3n) is 4.85. The number of amides is 1. The zero-order valence-electron chi connectivity index (χ0n) is 15.2. The molecule has 0 spiro atoms. The summed E-state index contributed by atoms with van der Waals surface area (Å²) in [6.07, 6.45) is 2.24. The molecular formula is C21H20N2O4S. The Hall–Kier alpha value is -2.90. The molecule has 0 saturated carbocycles. The lowest BCUT2D eigenvalue weighted by Crippen LogP contribution is -2.36. The summed E-state index contributed by atoms with van der Waals surface area (Å²) < 4.78 is 32.6. The van der Waals surface area contributed by atoms with Crippen LogP contribution in [0.15, 0.2) is 76.2 Å². The molecule has 0 fully saturated rings. The number of hydrogen-bond donors (Lipinski definition) is 1. The first-order valence-electron chi connectivity index (χ1n) is 9.01. The second kappa shape index (κ2) is 7.61. The van der Waals surface area contributed by atoms with E-state index in [1.54, 1.807) is 18.4 Å². The first-order chi connectivity index (χ1) is 13.5. The first kappa shape index (κ1) is 18.5. The molecule has 7 heteroatoms. The van der Waals surface area contributed by atoms with Gasteiger partial charge in [-0.05, 0) is 53.9 Å². The molecule has 1 aromatic heterocycles. The number of rotatable bonds is 5. The van der Waals surface area contributed by atoms with Gasteiger partial charge in [0.05, 0.1) is 17.7 Å². The summed E-state index contributed by atoms with van der Waals surface area (Å²) in [4.78, 5) is 12.4. The van der Waals surface area contributed by atoms with Crippen molar-refractivity contribution in [3.8, 4) is 0 Å². The second-order valence-corrected chi connectivity index (χ2v) is 8.58. The number of nitrogens with zero attached hydrogens (tertiary/aromatic N) is 1. The Morgan fingerprint density at radius 2 is 1.75 bits per heavy atom. The largest absolute Gasteiger partial charge is 0.467 e. The molecule has 6 nitrogen and oxygen atoms in total. The van der Waals surface area contributed by atoms with Crippen LogP contribution in [0.2, 0.25) is 0 Å². The zero-order valence-corrected chi connectivity index (χ0v) is 16.0. The molecule has 1 amide bonds. The number of nitrogens with one attached hydrogen (secondary N) is 1. The SMILES string of the molecule is O=C(NCc1ccco1)c1ccc(S(=O)(=O)N2CCc3ccccc3C2)cc1. The Bertz CT molecular complexity index is 1070. The van der Waals surface area contributed by atoms with Crippen LogP contribution in [0.3, 0.4) is 0 Å². The average molecular weight is 396 g/mol. The van der Waals surface area contributed by atoms with E-state index < -0.39 is 10.0 Å². The van der Waals surface area contributed by atoms with E-state index in [9.17, 15) is 13.2 Å². The Morgan fingerprint density at radius 1 is 1.00 bits per heavy atom. The van der Waals surface area contributed by atoms with Gasteiger partial charge in [-0.15, -0.1) is 0 Å². The number of carbonyl (C=O) groups is 1. The molecule has 2 heterocycles. The molecule has 1 aliphatic rings. The summed E-state index contributed by atoms with van der Waals surface area (Å²) in [6.45, 7) is 1.09. The molecule has 4 rings (SSSR count). The van der Waals surface area contributed by atoms with Gasteiger partial charge in [0.2, 0.25) is 10.0 Å². The second-order valence-electron chi connectivity index (χ2n) is 6.64. The molecule has 0 saturated heterocycles. The molecule has 1 aliphatic heterocycles. The minimum Gasteiger partial charge on any atom is -0.467 e. The number of benzene rings is 2. The molecule has 0 unspecified atom stereocenters. The van der Waals surface area contributed by atoms with Gasteiger partial charge in [0.15, 0.2) is 0 Å². The number of hydrogen-bond acceptors (Lipinski definition) is 4. The third-order valence-corrected chi connectivity index (χ3v) is 6.71. The van der Waals surface area contributed by atoms with Gasteiger partial charge in [0.1, 0.15) is 5.76 Å². The molecular weight excluding hydrogens is 376 g/mol. The maximum atomic E-state index is 13.0. The standard InChI is InChI=1S/C21H20N2O4S/c24-21(22-14-19-6-3-13-27-19)17-7-9-20(10-8-17)28(25,26)23-12-11-16-4-1-2-5-18(16)15-23/h1-10,13H,11-12,14-15H2,(H,22,24). The fourth-order valence-electron chi connectivity index (χ4n) is 3.28. The fraction of sp³-hybridized carbons (Fsp3) is 0.190. The van der Waals surface area contributed by atoms with Crippen LogP contribution in [0.25, 0.3) is 0 Å². The van der Waals surface area contributed by atoms with E-state index in [0.29, 0.717) is 30.8 Å². The van der Waals surface area contributed by atoms with Crippen LogP contribution in [0.5, 0.6) is 0 Å². The lowest BCUT2D eigenvalue weighted by atomic mass is 10.0. The van der Waals surface area contributed by atoms with Crippen molar-refractivity contribution in [1.82, 2.24) is 9.62 Å². The molecule has 28 heavy (non-hydrogen) atoms. The molecule has 3 aromatic rings. The summed E-state index contributed by atoms with van der Waals surface area (Å²) in [5.74, 6) is 0.366. The third kappa shape index (κ3) is 3.72. The van der Waals surface area contributed by atoms with Crippen molar-refractivity contribution >= 4 is 15.9 Å². The number of sulfonamides is 1. The molecule has 0 atom stereocenters. The van der Waals surface area contributed by atoms with Gasteiger partial charge in [-0.3, -0.25) is 4.79 Å². The predicted molar refractivity (Wildman–Crippen MR) is 104 cm³/mol. The maximum Gasteiger partial charge on any atom is 0.251 e. The van der Waals surface area contributed by atoms with Crippen molar-refractivity contribution in [1.29, 1.82) is 0 Å². The first-order valence-corrected chi connectivity index (χ1v) is 10.5. The molecule has 0 aliphatic carbocycles. The van der Waals surface area contributed by atoms with E-state index >= 15 is 0 Å². The summed E-state index contributed by atoms with van der Waals surface area (Å²) in [7, 11) is -3.61. The van der Waals surface area contributed by atoms with Crippen LogP contribution in [0, 0.1) is 0 Å². The lowest BCUT2D eigenvalue weighted by Gasteiger charge is -2.28. The number of carbonyl (C=O) groups excluding carboxylic acids is 1. The van der Waals surface area contributed by atoms with E-state index in [-0.39, 0.29) is 17.3 Å². The average Bonchev–Trinajstić information content (AvgIpc) is 3.25. The normalized spacial score (nSPS) is 14.4. The van der Waals surface area contributed by atoms with Crippen molar-refractivity contribution in [3.05, 3.63) is 89.4 Å². The van der Waals surface area contributed by atoms with Crippen LogP contribution in [0.4, 0.5) is 0 Å². The van der Waals surface area contributed by atoms with Crippen molar-refractivity contribution in [3.63, 3.8) is 0 Å². The Kier molecular flexibility index (Phi) is 5.02. The fourth-order valence-corrected chi connectivity index (χ4v) is 4.70. The van der Waals surface area contributed by atoms with Crippen LogP contribution in [-0.2, 0) is 29.5 Å². The van der Waals surface area contributed by atoms with Crippen molar-refractivity contribution < 1.29 is 17.6 Å². The van der Waals surface area contributed by atoms with Gasteiger partial charge in [-0.1, -0.05) is 24.3 Å². The Labute approximate surface area is 163 Å². The van der Waals surface area contributed by atoms with Crippen LogP contribution in [0.1, 0.15) is 27.2 Å². The highest BCUT2D eigenvalue weighted by molar-refractivity contribution is 7.89. The molecule has 2 aromatic carbocycles. The number of fused-ring (bicyclic) bond motifs is 1. The highest BCUT2D eigenvalue weighted by atomic mass is 32.2. The van der Waals surface area contributed by atoms with Gasteiger partial charge in [-0.2, -0.15) is 4.31 Å². The van der Waals surface area contributed by atoms with E-state index in [1.165, 1.54) is 34.1 Å². The lowest BCUT2D eigenvalue weighted by molar-refractivity contribution is 0.0948. The van der Waals surface area contributed by atoms with Gasteiger partial charge in [0, 0.05) is 18.7 Å². The minimum atomic E-state index is -3.61. The highest BCUT2D eigenvalue weighted by Crippen LogP contribution is 2.25. The molecule has 144 valence electrons. The van der Waals surface area contributed by atoms with Crippen LogP contribution in [-0.4, -0.2) is 25.2 Å². The molecule has 1 N–H and O–H groups in total. The predicted octanol–water partition coefficient (Wildman–Crippen LogP) is 2.96. The molecule has 0 bridgehead atoms. The van der Waals surface area contributed by atoms with Gasteiger partial charge < -0.3 is 9.73 Å². The van der Waals surface area contributed by atoms with Crippen LogP contribution >= 0.6 is 0 Å². The van der Waals surface area contributed by atoms with E-state index in [2.05, 4.69) is 5.32 Å². The van der Waals surface area contributed by atoms with Crippen molar-refractivity contribution in [2.24, 2.45) is 0 Å². The van der Waals surface area contributed by atoms with Crippen molar-refractivity contribution in [2.45, 2.75) is 24.4 Å². The van der Waals surface area contributed by atoms with Gasteiger partial charge in [0.25, 0.3) is 5.91 Å². The maximum absolute atomic E-state index is 13.0. The van der Waals surface area contributed by atoms with Crippen LogP contribution < -0.4 is 5.32 Å². The summed E-state index contributed by atoms with van der Waals surface area (Å²) in [5, 5.41) is 2.74. The van der Waals surface area contributed by atoms with E-state index in [4.69, 9.17) is 4.42 Å². The Balaban J connectivity index is 1.46. The summed E-state index contributed by atoms with van der Waals surface area (Å²) in [6, 6.07) is 17.4. The highest BCUT2D eigenvalue weighted by Gasteiger charge is 2.28. The quantitative estimate of drug-likeness (QED) is 0.719. The monoisotopic (exact) mass is 396 g/mol. The van der Waals surface area contributed by atoms with E-state index in [0.717, 1.165) is 5.56 Å². The zero-order chi connectivity index (χ0) is 19.6.